The van der Waals surface area contributed by atoms with Crippen molar-refractivity contribution in [3.63, 3.8) is 0 Å². The summed E-state index contributed by atoms with van der Waals surface area (Å²) in [6, 6.07) is 20.5. The first-order valence-corrected chi connectivity index (χ1v) is 10.4. The molecule has 30 heavy (non-hydrogen) atoms. The van der Waals surface area contributed by atoms with E-state index in [1.54, 1.807) is 24.3 Å². The minimum Gasteiger partial charge on any atom is -0.449 e. The van der Waals surface area contributed by atoms with Crippen molar-refractivity contribution >= 4 is 39.8 Å². The second-order valence-electron chi connectivity index (χ2n) is 6.95. The van der Waals surface area contributed by atoms with Crippen LogP contribution in [0, 0.1) is 6.92 Å². The Morgan fingerprint density at radius 2 is 1.80 bits per heavy atom. The van der Waals surface area contributed by atoms with E-state index in [1.165, 1.54) is 0 Å². The Balaban J connectivity index is 1.58. The van der Waals surface area contributed by atoms with Gasteiger partial charge in [-0.15, -0.1) is 11.3 Å². The molecule has 1 atom stereocenters. The van der Waals surface area contributed by atoms with Gasteiger partial charge in [0.25, 0.3) is 5.91 Å². The largest absolute Gasteiger partial charge is 0.449 e. The zero-order chi connectivity index (χ0) is 21.1. The molecule has 2 heterocycles. The highest BCUT2D eigenvalue weighted by Gasteiger charge is 2.22. The topological polar surface area (TPSA) is 68.3 Å². The van der Waals surface area contributed by atoms with Crippen molar-refractivity contribution in [1.29, 1.82) is 0 Å². The summed E-state index contributed by atoms with van der Waals surface area (Å²) in [5.41, 5.74) is 3.54. The molecule has 4 aromatic rings. The number of thiophene rings is 1. The number of pyridine rings is 1. The molecule has 0 aliphatic carbocycles. The first-order chi connectivity index (χ1) is 14.5. The molecule has 0 bridgehead atoms. The smallest absolute Gasteiger partial charge is 0.339 e. The Bertz CT molecular complexity index is 1200. The number of para-hydroxylation sites is 1. The Hall–Kier alpha value is -3.51. The van der Waals surface area contributed by atoms with E-state index >= 15 is 0 Å². The van der Waals surface area contributed by atoms with E-state index in [9.17, 15) is 9.59 Å². The maximum atomic E-state index is 13.0. The van der Waals surface area contributed by atoms with Crippen LogP contribution in [0.4, 0.5) is 5.69 Å². The van der Waals surface area contributed by atoms with Gasteiger partial charge >= 0.3 is 5.97 Å². The van der Waals surface area contributed by atoms with Crippen molar-refractivity contribution in [2.45, 2.75) is 20.0 Å². The SMILES string of the molecule is Cc1ccc(NC(=O)[C@@H](C)OC(=O)c2cc(-c3cccs3)nc3ccccc23)cc1. The molecule has 0 unspecified atom stereocenters. The van der Waals surface area contributed by atoms with E-state index in [-0.39, 0.29) is 5.91 Å². The number of fused-ring (bicyclic) bond motifs is 1. The van der Waals surface area contributed by atoms with Gasteiger partial charge in [0, 0.05) is 11.1 Å². The quantitative estimate of drug-likeness (QED) is 0.439. The molecule has 0 aliphatic rings. The Labute approximate surface area is 178 Å². The molecule has 0 fully saturated rings. The maximum absolute atomic E-state index is 13.0. The summed E-state index contributed by atoms with van der Waals surface area (Å²) in [5.74, 6) is -0.943. The number of benzene rings is 2. The third-order valence-electron chi connectivity index (χ3n) is 4.68. The molecule has 1 N–H and O–H groups in total. The van der Waals surface area contributed by atoms with E-state index in [0.717, 1.165) is 10.4 Å². The third kappa shape index (κ3) is 4.23. The number of carbonyl (C=O) groups is 2. The van der Waals surface area contributed by atoms with E-state index < -0.39 is 12.1 Å². The summed E-state index contributed by atoms with van der Waals surface area (Å²) in [5, 5.41) is 5.42. The Morgan fingerprint density at radius 3 is 2.53 bits per heavy atom. The number of nitrogens with zero attached hydrogens (tertiary/aromatic N) is 1. The molecular formula is C24H20N2O3S. The predicted octanol–water partition coefficient (Wildman–Crippen LogP) is 5.46. The Kier molecular flexibility index (Phi) is 5.59. The number of carbonyl (C=O) groups excluding carboxylic acids is 2. The van der Waals surface area contributed by atoms with Gasteiger partial charge in [-0.1, -0.05) is 42.0 Å². The molecule has 0 saturated carbocycles. The summed E-state index contributed by atoms with van der Waals surface area (Å²) in [7, 11) is 0. The zero-order valence-electron chi connectivity index (χ0n) is 16.6. The highest BCUT2D eigenvalue weighted by molar-refractivity contribution is 7.13. The highest BCUT2D eigenvalue weighted by atomic mass is 32.1. The second-order valence-corrected chi connectivity index (χ2v) is 7.90. The van der Waals surface area contributed by atoms with Crippen LogP contribution in [0.5, 0.6) is 0 Å². The summed E-state index contributed by atoms with van der Waals surface area (Å²) >= 11 is 1.55. The van der Waals surface area contributed by atoms with Gasteiger partial charge in [0.15, 0.2) is 6.10 Å². The number of hydrogen-bond donors (Lipinski definition) is 1. The lowest BCUT2D eigenvalue weighted by molar-refractivity contribution is -0.123. The van der Waals surface area contributed by atoms with Crippen LogP contribution in [-0.2, 0) is 9.53 Å². The van der Waals surface area contributed by atoms with Crippen molar-refractivity contribution in [3.05, 3.63) is 83.2 Å². The van der Waals surface area contributed by atoms with E-state index in [2.05, 4.69) is 10.3 Å². The van der Waals surface area contributed by atoms with Crippen LogP contribution in [-0.4, -0.2) is 23.0 Å². The minimum absolute atomic E-state index is 0.385. The van der Waals surface area contributed by atoms with Crippen LogP contribution >= 0.6 is 11.3 Å². The van der Waals surface area contributed by atoms with Crippen molar-refractivity contribution in [2.75, 3.05) is 5.32 Å². The predicted molar refractivity (Wildman–Crippen MR) is 120 cm³/mol. The summed E-state index contributed by atoms with van der Waals surface area (Å²) in [4.78, 5) is 31.1. The number of nitrogens with one attached hydrogen (secondary N) is 1. The van der Waals surface area contributed by atoms with Crippen LogP contribution in [0.1, 0.15) is 22.8 Å². The number of anilines is 1. The zero-order valence-corrected chi connectivity index (χ0v) is 17.4. The van der Waals surface area contributed by atoms with Gasteiger partial charge in [0.1, 0.15) is 0 Å². The van der Waals surface area contributed by atoms with Gasteiger partial charge < -0.3 is 10.1 Å². The van der Waals surface area contributed by atoms with Gasteiger partial charge in [-0.2, -0.15) is 0 Å². The number of rotatable bonds is 5. The lowest BCUT2D eigenvalue weighted by atomic mass is 10.1. The monoisotopic (exact) mass is 416 g/mol. The van der Waals surface area contributed by atoms with Crippen LogP contribution in [0.3, 0.4) is 0 Å². The first kappa shape index (κ1) is 19.8. The van der Waals surface area contributed by atoms with E-state index in [4.69, 9.17) is 4.74 Å². The van der Waals surface area contributed by atoms with Crippen LogP contribution in [0.2, 0.25) is 0 Å². The fourth-order valence-corrected chi connectivity index (χ4v) is 3.74. The molecule has 0 spiro atoms. The molecule has 0 saturated heterocycles. The van der Waals surface area contributed by atoms with E-state index in [1.807, 2.05) is 73.0 Å². The molecule has 5 nitrogen and oxygen atoms in total. The molecular weight excluding hydrogens is 396 g/mol. The number of hydrogen-bond acceptors (Lipinski definition) is 5. The average molecular weight is 417 g/mol. The number of esters is 1. The maximum Gasteiger partial charge on any atom is 0.339 e. The molecule has 4 rings (SSSR count). The molecule has 2 aromatic heterocycles. The molecule has 1 amide bonds. The lowest BCUT2D eigenvalue weighted by Crippen LogP contribution is -2.30. The number of amides is 1. The Morgan fingerprint density at radius 1 is 1.03 bits per heavy atom. The highest BCUT2D eigenvalue weighted by Crippen LogP contribution is 2.28. The molecule has 0 aliphatic heterocycles. The summed E-state index contributed by atoms with van der Waals surface area (Å²) in [6.07, 6.45) is -0.948. The number of aromatic nitrogens is 1. The van der Waals surface area contributed by atoms with Crippen molar-refractivity contribution in [3.8, 4) is 10.6 Å². The summed E-state index contributed by atoms with van der Waals surface area (Å²) < 4.78 is 5.50. The second kappa shape index (κ2) is 8.47. The molecule has 0 radical (unpaired) electrons. The average Bonchev–Trinajstić information content (AvgIpc) is 3.29. The van der Waals surface area contributed by atoms with Crippen molar-refractivity contribution in [1.82, 2.24) is 4.98 Å². The normalized spacial score (nSPS) is 11.8. The third-order valence-corrected chi connectivity index (χ3v) is 5.57. The molecule has 6 heteroatoms. The number of aryl methyl sites for hydroxylation is 1. The lowest BCUT2D eigenvalue weighted by Gasteiger charge is -2.15. The van der Waals surface area contributed by atoms with Crippen LogP contribution in [0.15, 0.2) is 72.1 Å². The molecule has 150 valence electrons. The minimum atomic E-state index is -0.948. The van der Waals surface area contributed by atoms with Gasteiger partial charge in [-0.25, -0.2) is 9.78 Å². The van der Waals surface area contributed by atoms with Crippen LogP contribution in [0.25, 0.3) is 21.5 Å². The standard InChI is InChI=1S/C24H20N2O3S/c1-15-9-11-17(12-10-15)25-23(27)16(2)29-24(28)19-14-21(22-8-5-13-30-22)26-20-7-4-3-6-18(19)20/h3-14,16H,1-2H3,(H,25,27)/t16-/m1/s1. The summed E-state index contributed by atoms with van der Waals surface area (Å²) in [6.45, 7) is 3.53. The van der Waals surface area contributed by atoms with Gasteiger partial charge in [0.05, 0.1) is 21.7 Å². The van der Waals surface area contributed by atoms with Crippen LogP contribution < -0.4 is 5.32 Å². The van der Waals surface area contributed by atoms with E-state index in [0.29, 0.717) is 27.8 Å². The first-order valence-electron chi connectivity index (χ1n) is 9.53. The number of ether oxygens (including phenoxy) is 1. The fourth-order valence-electron chi connectivity index (χ4n) is 3.05. The van der Waals surface area contributed by atoms with Crippen molar-refractivity contribution in [2.24, 2.45) is 0 Å². The van der Waals surface area contributed by atoms with Gasteiger partial charge in [-0.3, -0.25) is 4.79 Å². The molecule has 2 aromatic carbocycles. The van der Waals surface area contributed by atoms with Crippen molar-refractivity contribution < 1.29 is 14.3 Å². The van der Waals surface area contributed by atoms with Gasteiger partial charge in [0.2, 0.25) is 0 Å². The fraction of sp³-hybridized carbons (Fsp3) is 0.125. The van der Waals surface area contributed by atoms with Gasteiger partial charge in [-0.05, 0) is 49.6 Å².